The molecule has 0 saturated heterocycles. The number of anilines is 1. The molecule has 0 aliphatic heterocycles. The summed E-state index contributed by atoms with van der Waals surface area (Å²) < 4.78 is 33.4. The van der Waals surface area contributed by atoms with Gasteiger partial charge in [-0.2, -0.15) is 0 Å². The van der Waals surface area contributed by atoms with Crippen LogP contribution in [0.5, 0.6) is 0 Å². The number of hydrogen-bond donors (Lipinski definition) is 2. The summed E-state index contributed by atoms with van der Waals surface area (Å²) in [6, 6.07) is 12.6. The number of carboxylic acid groups (broad SMARTS) is 1. The number of carboxylic acids is 1. The minimum absolute atomic E-state index is 0.0502. The quantitative estimate of drug-likeness (QED) is 0.354. The van der Waals surface area contributed by atoms with Crippen LogP contribution in [0.3, 0.4) is 0 Å². The molecule has 1 amide bonds. The molecule has 9 heteroatoms. The number of benzene rings is 3. The number of rotatable bonds is 6. The van der Waals surface area contributed by atoms with Gasteiger partial charge in [0.1, 0.15) is 17.2 Å². The summed E-state index contributed by atoms with van der Waals surface area (Å²) in [5.41, 5.74) is 2.15. The molecule has 0 saturated carbocycles. The lowest BCUT2D eigenvalue weighted by Gasteiger charge is -2.04. The normalized spacial score (nSPS) is 11.2. The number of aromatic nitrogens is 1. The molecule has 1 aromatic heterocycles. The Morgan fingerprint density at radius 1 is 1.09 bits per heavy atom. The lowest BCUT2D eigenvalue weighted by molar-refractivity contribution is -0.136. The van der Waals surface area contributed by atoms with Crippen molar-refractivity contribution >= 4 is 46.3 Å². The van der Waals surface area contributed by atoms with Gasteiger partial charge in [0.15, 0.2) is 5.58 Å². The molecule has 166 valence electrons. The molecular weight excluding hydrogens is 454 g/mol. The number of amides is 1. The highest BCUT2D eigenvalue weighted by Gasteiger charge is 2.14. The second kappa shape index (κ2) is 9.22. The van der Waals surface area contributed by atoms with Crippen LogP contribution in [0.25, 0.3) is 28.6 Å². The average molecular weight is 469 g/mol. The van der Waals surface area contributed by atoms with E-state index < -0.39 is 23.5 Å². The number of carbonyl (C=O) groups is 2. The zero-order chi connectivity index (χ0) is 23.5. The number of nitrogens with zero attached hydrogens (tertiary/aromatic N) is 1. The van der Waals surface area contributed by atoms with Gasteiger partial charge in [0.25, 0.3) is 0 Å². The summed E-state index contributed by atoms with van der Waals surface area (Å²) in [4.78, 5) is 27.2. The Morgan fingerprint density at radius 2 is 1.91 bits per heavy atom. The smallest absolute Gasteiger partial charge is 0.307 e. The predicted molar refractivity (Wildman–Crippen MR) is 120 cm³/mol. The van der Waals surface area contributed by atoms with Gasteiger partial charge in [-0.25, -0.2) is 13.8 Å². The number of oxazole rings is 1. The van der Waals surface area contributed by atoms with Crippen molar-refractivity contribution in [1.29, 1.82) is 0 Å². The largest absolute Gasteiger partial charge is 0.481 e. The van der Waals surface area contributed by atoms with Gasteiger partial charge < -0.3 is 14.8 Å². The fraction of sp³-hybridized carbons (Fsp3) is 0.0417. The summed E-state index contributed by atoms with van der Waals surface area (Å²) in [5.74, 6) is -2.58. The van der Waals surface area contributed by atoms with Gasteiger partial charge in [-0.1, -0.05) is 23.7 Å². The molecule has 33 heavy (non-hydrogen) atoms. The van der Waals surface area contributed by atoms with Crippen LogP contribution in [0.15, 0.2) is 65.1 Å². The van der Waals surface area contributed by atoms with Crippen molar-refractivity contribution in [3.05, 3.63) is 88.5 Å². The number of carbonyl (C=O) groups excluding carboxylic acids is 1. The molecule has 0 aliphatic rings. The molecule has 0 aliphatic carbocycles. The Morgan fingerprint density at radius 3 is 2.64 bits per heavy atom. The van der Waals surface area contributed by atoms with E-state index in [0.717, 1.165) is 6.07 Å². The van der Waals surface area contributed by atoms with Crippen LogP contribution < -0.4 is 5.32 Å². The highest BCUT2D eigenvalue weighted by molar-refractivity contribution is 6.33. The van der Waals surface area contributed by atoms with Crippen LogP contribution >= 0.6 is 11.6 Å². The van der Waals surface area contributed by atoms with Gasteiger partial charge in [0.05, 0.1) is 22.7 Å². The maximum Gasteiger partial charge on any atom is 0.307 e. The van der Waals surface area contributed by atoms with Crippen molar-refractivity contribution in [2.45, 2.75) is 6.42 Å². The Kier molecular flexibility index (Phi) is 6.19. The molecule has 4 rings (SSSR count). The van der Waals surface area contributed by atoms with Gasteiger partial charge >= 0.3 is 5.97 Å². The van der Waals surface area contributed by atoms with Crippen LogP contribution in [0.1, 0.15) is 11.1 Å². The third kappa shape index (κ3) is 5.24. The molecule has 0 radical (unpaired) electrons. The number of aliphatic carboxylic acids is 1. The fourth-order valence-electron chi connectivity index (χ4n) is 3.12. The molecular formula is C24H15ClF2N2O4. The molecule has 0 fully saturated rings. The summed E-state index contributed by atoms with van der Waals surface area (Å²) in [6.07, 6.45) is 2.44. The molecule has 0 spiro atoms. The first-order valence-electron chi connectivity index (χ1n) is 9.64. The van der Waals surface area contributed by atoms with Crippen molar-refractivity contribution in [1.82, 2.24) is 4.98 Å². The predicted octanol–water partition coefficient (Wildman–Crippen LogP) is 5.71. The maximum absolute atomic E-state index is 14.7. The molecule has 0 unspecified atom stereocenters. The number of fused-ring (bicyclic) bond motifs is 1. The first kappa shape index (κ1) is 22.2. The Hall–Kier alpha value is -4.04. The first-order chi connectivity index (χ1) is 15.8. The van der Waals surface area contributed by atoms with Gasteiger partial charge in [-0.15, -0.1) is 0 Å². The van der Waals surface area contributed by atoms with Crippen LogP contribution in [0, 0.1) is 11.6 Å². The van der Waals surface area contributed by atoms with Crippen LogP contribution in [-0.4, -0.2) is 22.0 Å². The molecule has 3 aromatic carbocycles. The van der Waals surface area contributed by atoms with Crippen LogP contribution in [0.2, 0.25) is 5.02 Å². The lowest BCUT2D eigenvalue weighted by atomic mass is 10.1. The molecule has 0 atom stereocenters. The van der Waals surface area contributed by atoms with E-state index in [9.17, 15) is 18.4 Å². The average Bonchev–Trinajstić information content (AvgIpc) is 3.17. The standard InChI is InChI=1S/C24H15ClF2N2O4/c25-17-12-15(26)4-6-19(17)28-22(30)8-3-13-1-5-16(18(27)9-13)24-29-20-10-14(11-23(31)32)2-7-21(20)33-24/h1-10,12H,11H2,(H,28,30)(H,31,32)/b8-3+. The lowest BCUT2D eigenvalue weighted by Crippen LogP contribution is -2.08. The number of hydrogen-bond acceptors (Lipinski definition) is 4. The van der Waals surface area contributed by atoms with Gasteiger partial charge in [-0.05, 0) is 59.7 Å². The number of nitrogens with one attached hydrogen (secondary N) is 1. The van der Waals surface area contributed by atoms with Crippen LogP contribution in [-0.2, 0) is 16.0 Å². The van der Waals surface area contributed by atoms with E-state index in [1.807, 2.05) is 0 Å². The highest BCUT2D eigenvalue weighted by Crippen LogP contribution is 2.28. The second-order valence-corrected chi connectivity index (χ2v) is 7.48. The van der Waals surface area contributed by atoms with Crippen LogP contribution in [0.4, 0.5) is 14.5 Å². The summed E-state index contributed by atoms with van der Waals surface area (Å²) in [5, 5.41) is 11.5. The van der Waals surface area contributed by atoms with E-state index in [1.54, 1.807) is 24.3 Å². The van der Waals surface area contributed by atoms with E-state index in [-0.39, 0.29) is 28.6 Å². The summed E-state index contributed by atoms with van der Waals surface area (Å²) >= 11 is 5.88. The van der Waals surface area contributed by atoms with Crippen molar-refractivity contribution in [3.63, 3.8) is 0 Å². The van der Waals surface area contributed by atoms with Crippen molar-refractivity contribution < 1.29 is 27.9 Å². The van der Waals surface area contributed by atoms with Crippen molar-refractivity contribution in [2.75, 3.05) is 5.32 Å². The minimum Gasteiger partial charge on any atom is -0.481 e. The SMILES string of the molecule is O=C(O)Cc1ccc2oc(-c3ccc(/C=C/C(=O)Nc4ccc(F)cc4Cl)cc3F)nc2c1. The zero-order valence-corrected chi connectivity index (χ0v) is 17.6. The first-order valence-corrected chi connectivity index (χ1v) is 10.0. The van der Waals surface area contributed by atoms with E-state index in [4.69, 9.17) is 21.1 Å². The molecule has 6 nitrogen and oxygen atoms in total. The van der Waals surface area contributed by atoms with E-state index in [0.29, 0.717) is 22.2 Å². The molecule has 4 aromatic rings. The fourth-order valence-corrected chi connectivity index (χ4v) is 3.33. The van der Waals surface area contributed by atoms with Gasteiger partial charge in [-0.3, -0.25) is 9.59 Å². The minimum atomic E-state index is -0.970. The third-order valence-electron chi connectivity index (χ3n) is 4.65. The number of halogens is 3. The zero-order valence-electron chi connectivity index (χ0n) is 16.8. The Balaban J connectivity index is 1.50. The van der Waals surface area contributed by atoms with E-state index in [2.05, 4.69) is 10.3 Å². The topological polar surface area (TPSA) is 92.4 Å². The van der Waals surface area contributed by atoms with Gasteiger partial charge in [0, 0.05) is 6.08 Å². The monoisotopic (exact) mass is 468 g/mol. The van der Waals surface area contributed by atoms with Gasteiger partial charge in [0.2, 0.25) is 11.8 Å². The van der Waals surface area contributed by atoms with Crippen molar-refractivity contribution in [2.24, 2.45) is 0 Å². The molecule has 2 N–H and O–H groups in total. The Labute approximate surface area is 191 Å². The second-order valence-electron chi connectivity index (χ2n) is 7.08. The summed E-state index contributed by atoms with van der Waals surface area (Å²) in [7, 11) is 0. The van der Waals surface area contributed by atoms with E-state index >= 15 is 0 Å². The third-order valence-corrected chi connectivity index (χ3v) is 4.96. The maximum atomic E-state index is 14.7. The summed E-state index contributed by atoms with van der Waals surface area (Å²) in [6.45, 7) is 0. The van der Waals surface area contributed by atoms with E-state index in [1.165, 1.54) is 36.4 Å². The molecule has 1 heterocycles. The Bertz CT molecular complexity index is 1420. The highest BCUT2D eigenvalue weighted by atomic mass is 35.5. The molecule has 0 bridgehead atoms. The van der Waals surface area contributed by atoms with Crippen molar-refractivity contribution in [3.8, 4) is 11.5 Å².